The maximum Gasteiger partial charge on any atom is 0.355 e. The van der Waals surface area contributed by atoms with Crippen molar-refractivity contribution in [3.63, 3.8) is 0 Å². The van der Waals surface area contributed by atoms with E-state index in [-0.39, 0.29) is 13.2 Å². The van der Waals surface area contributed by atoms with Crippen LogP contribution in [0.5, 0.6) is 0 Å². The monoisotopic (exact) mass is 245 g/mol. The van der Waals surface area contributed by atoms with E-state index in [0.717, 1.165) is 22.0 Å². The van der Waals surface area contributed by atoms with Crippen molar-refractivity contribution in [1.82, 2.24) is 4.98 Å². The van der Waals surface area contributed by atoms with Crippen LogP contribution in [-0.4, -0.2) is 22.7 Å². The third-order valence-corrected chi connectivity index (χ3v) is 2.87. The Kier molecular flexibility index (Phi) is 3.48. The van der Waals surface area contributed by atoms with Gasteiger partial charge in [0.2, 0.25) is 0 Å². The molecule has 2 N–H and O–H groups in total. The molecule has 0 spiro atoms. The summed E-state index contributed by atoms with van der Waals surface area (Å²) >= 11 is 0. The topological polar surface area (TPSA) is 62.3 Å². The molecular formula is C14H15NO3. The Morgan fingerprint density at radius 1 is 1.56 bits per heavy atom. The van der Waals surface area contributed by atoms with Gasteiger partial charge < -0.3 is 14.8 Å². The summed E-state index contributed by atoms with van der Waals surface area (Å²) in [5.74, 6) is -0.410. The zero-order valence-corrected chi connectivity index (χ0v) is 10.2. The van der Waals surface area contributed by atoms with Crippen LogP contribution in [0.15, 0.2) is 30.9 Å². The molecule has 0 aliphatic rings. The van der Waals surface area contributed by atoms with Crippen molar-refractivity contribution in [2.75, 3.05) is 6.61 Å². The van der Waals surface area contributed by atoms with Crippen molar-refractivity contribution in [1.29, 1.82) is 0 Å². The van der Waals surface area contributed by atoms with Crippen LogP contribution in [0.3, 0.4) is 0 Å². The average molecular weight is 245 g/mol. The molecule has 0 saturated carbocycles. The molecule has 4 heteroatoms. The van der Waals surface area contributed by atoms with Crippen LogP contribution in [0.25, 0.3) is 10.9 Å². The lowest BCUT2D eigenvalue weighted by atomic mass is 10.1. The van der Waals surface area contributed by atoms with Crippen LogP contribution in [0.2, 0.25) is 0 Å². The van der Waals surface area contributed by atoms with E-state index in [9.17, 15) is 9.90 Å². The smallest absolute Gasteiger partial charge is 0.355 e. The van der Waals surface area contributed by atoms with Gasteiger partial charge in [0.15, 0.2) is 0 Å². The lowest BCUT2D eigenvalue weighted by Crippen LogP contribution is -2.06. The summed E-state index contributed by atoms with van der Waals surface area (Å²) in [7, 11) is 0. The van der Waals surface area contributed by atoms with Crippen LogP contribution in [0.1, 0.15) is 21.6 Å². The first kappa shape index (κ1) is 12.4. The number of benzene rings is 1. The Hall–Kier alpha value is -2.07. The fourth-order valence-corrected chi connectivity index (χ4v) is 2.04. The van der Waals surface area contributed by atoms with Gasteiger partial charge in [0, 0.05) is 10.9 Å². The Morgan fingerprint density at radius 2 is 2.33 bits per heavy atom. The molecule has 0 bridgehead atoms. The fraction of sp³-hybridized carbons (Fsp3) is 0.214. The van der Waals surface area contributed by atoms with Gasteiger partial charge in [0.1, 0.15) is 12.3 Å². The normalized spacial score (nSPS) is 10.6. The minimum absolute atomic E-state index is 0.0584. The average Bonchev–Trinajstić information content (AvgIpc) is 2.73. The van der Waals surface area contributed by atoms with Gasteiger partial charge in [-0.15, -0.1) is 0 Å². The van der Waals surface area contributed by atoms with E-state index < -0.39 is 5.97 Å². The first-order chi connectivity index (χ1) is 8.69. The number of rotatable bonds is 4. The van der Waals surface area contributed by atoms with Crippen molar-refractivity contribution < 1.29 is 14.6 Å². The van der Waals surface area contributed by atoms with E-state index in [4.69, 9.17) is 4.74 Å². The van der Waals surface area contributed by atoms with Crippen molar-refractivity contribution in [3.05, 3.63) is 47.7 Å². The van der Waals surface area contributed by atoms with Gasteiger partial charge in [0.05, 0.1) is 6.61 Å². The van der Waals surface area contributed by atoms with Crippen LogP contribution >= 0.6 is 0 Å². The van der Waals surface area contributed by atoms with Gasteiger partial charge in [-0.25, -0.2) is 4.79 Å². The lowest BCUT2D eigenvalue weighted by Gasteiger charge is -2.01. The van der Waals surface area contributed by atoms with Gasteiger partial charge in [0.25, 0.3) is 0 Å². The number of carbonyl (C=O) groups excluding carboxylic acids is 1. The van der Waals surface area contributed by atoms with Crippen molar-refractivity contribution in [2.24, 2.45) is 0 Å². The van der Waals surface area contributed by atoms with Gasteiger partial charge in [-0.3, -0.25) is 0 Å². The van der Waals surface area contributed by atoms with Gasteiger partial charge in [-0.05, 0) is 24.1 Å². The number of hydrogen-bond acceptors (Lipinski definition) is 3. The number of fused-ring (bicyclic) bond motifs is 1. The Morgan fingerprint density at radius 3 is 3.00 bits per heavy atom. The number of aryl methyl sites for hydroxylation is 1. The standard InChI is InChI=1S/C14H15NO3/c1-3-7-18-14(17)13-9(2)12-10(8-16)5-4-6-11(12)15-13/h3-6,15-16H,1,7-8H2,2H3. The molecule has 0 atom stereocenters. The minimum Gasteiger partial charge on any atom is -0.457 e. The van der Waals surface area contributed by atoms with Gasteiger partial charge in [-0.1, -0.05) is 24.8 Å². The Bertz CT molecular complexity index is 598. The van der Waals surface area contributed by atoms with Crippen LogP contribution in [-0.2, 0) is 11.3 Å². The maximum atomic E-state index is 11.8. The molecule has 0 amide bonds. The second kappa shape index (κ2) is 5.06. The molecule has 0 aliphatic carbocycles. The molecule has 1 heterocycles. The Labute approximate surface area is 105 Å². The van der Waals surface area contributed by atoms with Gasteiger partial charge >= 0.3 is 5.97 Å². The number of aliphatic hydroxyl groups excluding tert-OH is 1. The summed E-state index contributed by atoms with van der Waals surface area (Å²) in [5, 5.41) is 10.2. The molecule has 1 aromatic carbocycles. The highest BCUT2D eigenvalue weighted by atomic mass is 16.5. The van der Waals surface area contributed by atoms with E-state index in [1.54, 1.807) is 0 Å². The number of nitrogens with one attached hydrogen (secondary N) is 1. The molecule has 0 fully saturated rings. The van der Waals surface area contributed by atoms with E-state index in [0.29, 0.717) is 5.69 Å². The second-order valence-corrected chi connectivity index (χ2v) is 4.01. The van der Waals surface area contributed by atoms with E-state index in [2.05, 4.69) is 11.6 Å². The fourth-order valence-electron chi connectivity index (χ4n) is 2.04. The van der Waals surface area contributed by atoms with E-state index >= 15 is 0 Å². The van der Waals surface area contributed by atoms with Crippen molar-refractivity contribution in [3.8, 4) is 0 Å². The number of esters is 1. The van der Waals surface area contributed by atoms with Crippen LogP contribution in [0.4, 0.5) is 0 Å². The Balaban J connectivity index is 2.50. The predicted molar refractivity (Wildman–Crippen MR) is 69.4 cm³/mol. The highest BCUT2D eigenvalue weighted by molar-refractivity contribution is 5.99. The number of carbonyl (C=O) groups is 1. The third-order valence-electron chi connectivity index (χ3n) is 2.87. The highest BCUT2D eigenvalue weighted by Gasteiger charge is 2.17. The largest absolute Gasteiger partial charge is 0.457 e. The molecular weight excluding hydrogens is 230 g/mol. The van der Waals surface area contributed by atoms with Crippen molar-refractivity contribution >= 4 is 16.9 Å². The number of aromatic amines is 1. The summed E-state index contributed by atoms with van der Waals surface area (Å²) in [6.07, 6.45) is 1.52. The number of ether oxygens (including phenoxy) is 1. The molecule has 0 saturated heterocycles. The molecule has 4 nitrogen and oxygen atoms in total. The van der Waals surface area contributed by atoms with E-state index in [1.165, 1.54) is 6.08 Å². The summed E-state index contributed by atoms with van der Waals surface area (Å²) in [4.78, 5) is 14.9. The molecule has 0 aliphatic heterocycles. The summed E-state index contributed by atoms with van der Waals surface area (Å²) in [5.41, 5.74) is 2.84. The minimum atomic E-state index is -0.410. The number of H-pyrrole nitrogens is 1. The molecule has 0 radical (unpaired) electrons. The quantitative estimate of drug-likeness (QED) is 0.641. The maximum absolute atomic E-state index is 11.8. The van der Waals surface area contributed by atoms with Gasteiger partial charge in [-0.2, -0.15) is 0 Å². The molecule has 2 aromatic rings. The molecule has 18 heavy (non-hydrogen) atoms. The summed E-state index contributed by atoms with van der Waals surface area (Å²) in [6, 6.07) is 5.54. The zero-order chi connectivity index (χ0) is 13.1. The first-order valence-electron chi connectivity index (χ1n) is 5.68. The first-order valence-corrected chi connectivity index (χ1v) is 5.68. The van der Waals surface area contributed by atoms with Crippen LogP contribution < -0.4 is 0 Å². The SMILES string of the molecule is C=CCOC(=O)c1[nH]c2cccc(CO)c2c1C. The van der Waals surface area contributed by atoms with Crippen molar-refractivity contribution in [2.45, 2.75) is 13.5 Å². The number of aliphatic hydroxyl groups is 1. The summed E-state index contributed by atoms with van der Waals surface area (Å²) in [6.45, 7) is 5.46. The molecule has 0 unspecified atom stereocenters. The number of aromatic nitrogens is 1. The number of hydrogen-bond donors (Lipinski definition) is 2. The highest BCUT2D eigenvalue weighted by Crippen LogP contribution is 2.25. The molecule has 1 aromatic heterocycles. The van der Waals surface area contributed by atoms with Crippen LogP contribution in [0, 0.1) is 6.92 Å². The molecule has 94 valence electrons. The lowest BCUT2D eigenvalue weighted by molar-refractivity contribution is 0.0543. The third kappa shape index (κ3) is 2.02. The summed E-state index contributed by atoms with van der Waals surface area (Å²) < 4.78 is 5.01. The van der Waals surface area contributed by atoms with E-state index in [1.807, 2.05) is 25.1 Å². The predicted octanol–water partition coefficient (Wildman–Crippen LogP) is 2.31. The zero-order valence-electron chi connectivity index (χ0n) is 10.2. The second-order valence-electron chi connectivity index (χ2n) is 4.01. The molecule has 2 rings (SSSR count).